The van der Waals surface area contributed by atoms with Gasteiger partial charge < -0.3 is 5.32 Å². The molecule has 1 amide bonds. The van der Waals surface area contributed by atoms with Crippen LogP contribution in [0.1, 0.15) is 32.3 Å². The van der Waals surface area contributed by atoms with Gasteiger partial charge in [-0.05, 0) is 19.9 Å². The lowest BCUT2D eigenvalue weighted by molar-refractivity contribution is -0.137. The summed E-state index contributed by atoms with van der Waals surface area (Å²) in [5.74, 6) is -0.402. The van der Waals surface area contributed by atoms with Gasteiger partial charge in [0.25, 0.3) is 5.91 Å². The highest BCUT2D eigenvalue weighted by atomic mass is 35.5. The fourth-order valence-electron chi connectivity index (χ4n) is 2.34. The van der Waals surface area contributed by atoms with Crippen LogP contribution in [0.2, 0.25) is 5.02 Å². The van der Waals surface area contributed by atoms with Crippen molar-refractivity contribution in [3.63, 3.8) is 0 Å². The smallest absolute Gasteiger partial charge is 0.345 e. The number of hydrogen-bond donors (Lipinski definition) is 1. The summed E-state index contributed by atoms with van der Waals surface area (Å²) in [6, 6.07) is 0.792. The van der Waals surface area contributed by atoms with Crippen LogP contribution in [0, 0.1) is 13.8 Å². The average Bonchev–Trinajstić information content (AvgIpc) is 2.98. The highest BCUT2D eigenvalue weighted by molar-refractivity contribution is 7.17. The van der Waals surface area contributed by atoms with Gasteiger partial charge in [0.1, 0.15) is 5.69 Å². The summed E-state index contributed by atoms with van der Waals surface area (Å²) < 4.78 is 39.5. The van der Waals surface area contributed by atoms with Gasteiger partial charge in [-0.2, -0.15) is 13.2 Å². The van der Waals surface area contributed by atoms with Crippen molar-refractivity contribution in [1.82, 2.24) is 19.7 Å². The second kappa shape index (κ2) is 6.30. The molecule has 0 atom stereocenters. The van der Waals surface area contributed by atoms with Gasteiger partial charge in [-0.15, -0.1) is 11.3 Å². The van der Waals surface area contributed by atoms with Crippen LogP contribution in [0.5, 0.6) is 0 Å². The summed E-state index contributed by atoms with van der Waals surface area (Å²) in [5, 5.41) is 2.46. The van der Waals surface area contributed by atoms with Crippen LogP contribution in [0.15, 0.2) is 18.5 Å². The van der Waals surface area contributed by atoms with Gasteiger partial charge in [0, 0.05) is 17.3 Å². The van der Waals surface area contributed by atoms with Crippen molar-refractivity contribution < 1.29 is 18.0 Å². The number of halogens is 4. The largest absolute Gasteiger partial charge is 0.417 e. The molecule has 0 bridgehead atoms. The van der Waals surface area contributed by atoms with E-state index in [1.54, 1.807) is 17.5 Å². The number of carbonyl (C=O) groups excluding carboxylic acids is 1. The van der Waals surface area contributed by atoms with Crippen LogP contribution in [0.25, 0.3) is 4.96 Å². The Balaban J connectivity index is 1.79. The van der Waals surface area contributed by atoms with E-state index in [-0.39, 0.29) is 17.3 Å². The number of nitrogens with zero attached hydrogens (tertiary/aromatic N) is 3. The first kappa shape index (κ1) is 17.7. The average molecular weight is 389 g/mol. The van der Waals surface area contributed by atoms with E-state index in [1.165, 1.54) is 11.3 Å². The van der Waals surface area contributed by atoms with E-state index < -0.39 is 17.6 Å². The second-order valence-electron chi connectivity index (χ2n) is 5.37. The number of nitrogens with one attached hydrogen (secondary N) is 1. The molecule has 0 aromatic carbocycles. The van der Waals surface area contributed by atoms with Crippen LogP contribution < -0.4 is 5.32 Å². The third kappa shape index (κ3) is 3.47. The lowest BCUT2D eigenvalue weighted by Crippen LogP contribution is -2.25. The van der Waals surface area contributed by atoms with E-state index in [1.807, 2.05) is 6.92 Å². The number of aromatic nitrogens is 3. The van der Waals surface area contributed by atoms with Crippen LogP contribution in [0.3, 0.4) is 0 Å². The van der Waals surface area contributed by atoms with E-state index in [0.29, 0.717) is 22.5 Å². The monoisotopic (exact) mass is 388 g/mol. The van der Waals surface area contributed by atoms with Crippen molar-refractivity contribution in [1.29, 1.82) is 0 Å². The molecule has 0 unspecified atom stereocenters. The van der Waals surface area contributed by atoms with Crippen LogP contribution in [-0.2, 0) is 12.7 Å². The Morgan fingerprint density at radius 3 is 2.76 bits per heavy atom. The molecule has 5 nitrogen and oxygen atoms in total. The zero-order chi connectivity index (χ0) is 18.4. The minimum atomic E-state index is -4.52. The molecule has 10 heteroatoms. The normalized spacial score (nSPS) is 11.9. The van der Waals surface area contributed by atoms with Crippen molar-refractivity contribution in [2.24, 2.45) is 0 Å². The molecule has 3 aromatic heterocycles. The molecule has 25 heavy (non-hydrogen) atoms. The van der Waals surface area contributed by atoms with Crippen molar-refractivity contribution in [2.45, 2.75) is 26.6 Å². The van der Waals surface area contributed by atoms with E-state index >= 15 is 0 Å². The lowest BCUT2D eigenvalue weighted by Gasteiger charge is -2.10. The first-order chi connectivity index (χ1) is 11.7. The molecule has 3 aromatic rings. The Hall–Kier alpha value is -2.13. The fourth-order valence-corrected chi connectivity index (χ4v) is 3.44. The number of imidazole rings is 1. The van der Waals surface area contributed by atoms with E-state index in [4.69, 9.17) is 11.6 Å². The molecule has 0 aliphatic rings. The maximum absolute atomic E-state index is 12.6. The molecular weight excluding hydrogens is 377 g/mol. The zero-order valence-corrected chi connectivity index (χ0v) is 14.7. The summed E-state index contributed by atoms with van der Waals surface area (Å²) in [7, 11) is 0. The quantitative estimate of drug-likeness (QED) is 0.737. The number of pyridine rings is 1. The summed E-state index contributed by atoms with van der Waals surface area (Å²) in [5.41, 5.74) is 0.162. The molecule has 1 N–H and O–H groups in total. The molecule has 0 saturated carbocycles. The van der Waals surface area contributed by atoms with Crippen molar-refractivity contribution in [3.8, 4) is 0 Å². The molecular formula is C15H12ClF3N4OS. The molecule has 0 radical (unpaired) electrons. The SMILES string of the molecule is Cc1cn2c(C(=O)NCc3ncc(C(F)(F)F)cc3Cl)c(C)nc2s1. The molecule has 0 fully saturated rings. The number of aryl methyl sites for hydroxylation is 2. The number of carbonyl (C=O) groups is 1. The number of thiazole rings is 1. The van der Waals surface area contributed by atoms with Gasteiger partial charge in [-0.25, -0.2) is 4.98 Å². The minimum absolute atomic E-state index is 0.0917. The predicted octanol–water partition coefficient (Wildman–Crippen LogP) is 4.01. The number of hydrogen-bond acceptors (Lipinski definition) is 4. The molecule has 0 saturated heterocycles. The van der Waals surface area contributed by atoms with Crippen LogP contribution in [0.4, 0.5) is 13.2 Å². The Labute approximate surface area is 149 Å². The Kier molecular flexibility index (Phi) is 4.46. The summed E-state index contributed by atoms with van der Waals surface area (Å²) in [6.07, 6.45) is -2.02. The standard InChI is InChI=1S/C15H12ClF3N4OS/c1-7-6-23-12(8(2)22-14(23)25-7)13(24)21-5-11-10(16)3-9(4-20-11)15(17,18)19/h3-4,6H,5H2,1-2H3,(H,21,24). The van der Waals surface area contributed by atoms with Gasteiger partial charge >= 0.3 is 6.18 Å². The van der Waals surface area contributed by atoms with Gasteiger partial charge in [0.05, 0.1) is 28.5 Å². The maximum atomic E-state index is 12.6. The van der Waals surface area contributed by atoms with Gasteiger partial charge in [0.2, 0.25) is 0 Å². The highest BCUT2D eigenvalue weighted by Gasteiger charge is 2.31. The number of rotatable bonds is 3. The second-order valence-corrected chi connectivity index (χ2v) is 6.99. The summed E-state index contributed by atoms with van der Waals surface area (Å²) >= 11 is 7.30. The van der Waals surface area contributed by atoms with Crippen molar-refractivity contribution >= 4 is 33.8 Å². The van der Waals surface area contributed by atoms with E-state index in [2.05, 4.69) is 15.3 Å². The number of amides is 1. The van der Waals surface area contributed by atoms with Gasteiger partial charge in [-0.1, -0.05) is 11.6 Å². The first-order valence-corrected chi connectivity index (χ1v) is 8.31. The minimum Gasteiger partial charge on any atom is -0.345 e. The van der Waals surface area contributed by atoms with Crippen molar-refractivity contribution in [3.05, 3.63) is 51.0 Å². The molecule has 3 rings (SSSR count). The highest BCUT2D eigenvalue weighted by Crippen LogP contribution is 2.31. The van der Waals surface area contributed by atoms with Crippen molar-refractivity contribution in [2.75, 3.05) is 0 Å². The van der Waals surface area contributed by atoms with E-state index in [9.17, 15) is 18.0 Å². The summed E-state index contributed by atoms with van der Waals surface area (Å²) in [6.45, 7) is 3.53. The maximum Gasteiger partial charge on any atom is 0.417 e. The zero-order valence-electron chi connectivity index (χ0n) is 13.1. The lowest BCUT2D eigenvalue weighted by atomic mass is 10.2. The molecule has 0 aliphatic heterocycles. The molecule has 0 spiro atoms. The Morgan fingerprint density at radius 2 is 2.12 bits per heavy atom. The topological polar surface area (TPSA) is 59.3 Å². The first-order valence-electron chi connectivity index (χ1n) is 7.11. The molecule has 132 valence electrons. The van der Waals surface area contributed by atoms with E-state index in [0.717, 1.165) is 10.9 Å². The fraction of sp³-hybridized carbons (Fsp3) is 0.267. The van der Waals surface area contributed by atoms with Gasteiger partial charge in [-0.3, -0.25) is 14.2 Å². The Morgan fingerprint density at radius 1 is 1.40 bits per heavy atom. The summed E-state index contributed by atoms with van der Waals surface area (Å²) in [4.78, 5) is 22.2. The van der Waals surface area contributed by atoms with Crippen LogP contribution in [-0.4, -0.2) is 20.3 Å². The predicted molar refractivity (Wildman–Crippen MR) is 88.0 cm³/mol. The number of alkyl halides is 3. The third-order valence-corrected chi connectivity index (χ3v) is 4.72. The van der Waals surface area contributed by atoms with Gasteiger partial charge in [0.15, 0.2) is 4.96 Å². The Bertz CT molecular complexity index is 964. The van der Waals surface area contributed by atoms with Crippen LogP contribution >= 0.6 is 22.9 Å². The third-order valence-electron chi connectivity index (χ3n) is 3.49. The molecule has 3 heterocycles. The molecule has 0 aliphatic carbocycles. The number of fused-ring (bicyclic) bond motifs is 1.